The van der Waals surface area contributed by atoms with Crippen LogP contribution in [0.15, 0.2) is 0 Å². The zero-order chi connectivity index (χ0) is 10.4. The Hall–Kier alpha value is -0.610. The molecule has 0 saturated carbocycles. The molecule has 3 N–H and O–H groups in total. The Bertz CT molecular complexity index is 185. The highest BCUT2D eigenvalue weighted by molar-refractivity contribution is 5.73. The molecule has 0 radical (unpaired) electrons. The van der Waals surface area contributed by atoms with Crippen molar-refractivity contribution in [2.75, 3.05) is 13.2 Å². The van der Waals surface area contributed by atoms with Crippen molar-refractivity contribution in [1.29, 1.82) is 0 Å². The largest absolute Gasteiger partial charge is 0.378 e. The molecule has 1 fully saturated rings. The average Bonchev–Trinajstić information content (AvgIpc) is 2.12. The molecule has 1 aliphatic heterocycles. The summed E-state index contributed by atoms with van der Waals surface area (Å²) in [6, 6.07) is 0.548. The summed E-state index contributed by atoms with van der Waals surface area (Å²) < 4.78 is 5.44. The number of carbonyl (C=O) groups is 1. The van der Waals surface area contributed by atoms with Gasteiger partial charge in [0.15, 0.2) is 0 Å². The first kappa shape index (κ1) is 11.5. The van der Waals surface area contributed by atoms with Gasteiger partial charge in [0.05, 0.1) is 6.10 Å². The molecule has 0 aliphatic carbocycles. The van der Waals surface area contributed by atoms with Crippen LogP contribution < -0.4 is 11.1 Å². The zero-order valence-corrected chi connectivity index (χ0v) is 8.79. The van der Waals surface area contributed by atoms with E-state index in [9.17, 15) is 4.79 Å². The predicted molar refractivity (Wildman–Crippen MR) is 54.9 cm³/mol. The van der Waals surface area contributed by atoms with E-state index in [0.717, 1.165) is 32.4 Å². The van der Waals surface area contributed by atoms with Crippen LogP contribution in [-0.4, -0.2) is 31.2 Å². The van der Waals surface area contributed by atoms with Crippen LogP contribution in [0.3, 0.4) is 0 Å². The summed E-state index contributed by atoms with van der Waals surface area (Å²) in [4.78, 5) is 10.5. The van der Waals surface area contributed by atoms with E-state index >= 15 is 0 Å². The van der Waals surface area contributed by atoms with E-state index in [0.29, 0.717) is 18.6 Å². The fourth-order valence-electron chi connectivity index (χ4n) is 1.75. The van der Waals surface area contributed by atoms with E-state index in [-0.39, 0.29) is 5.91 Å². The highest BCUT2D eigenvalue weighted by Crippen LogP contribution is 2.12. The van der Waals surface area contributed by atoms with E-state index in [4.69, 9.17) is 10.5 Å². The number of hydrogen-bond acceptors (Lipinski definition) is 3. The van der Waals surface area contributed by atoms with E-state index in [1.807, 2.05) is 0 Å². The lowest BCUT2D eigenvalue weighted by Gasteiger charge is -2.28. The molecule has 1 amide bonds. The van der Waals surface area contributed by atoms with E-state index < -0.39 is 0 Å². The second kappa shape index (κ2) is 5.98. The Balaban J connectivity index is 2.03. The summed E-state index contributed by atoms with van der Waals surface area (Å²) in [6.07, 6.45) is 3.81. The van der Waals surface area contributed by atoms with Crippen LogP contribution in [0, 0.1) is 0 Å². The van der Waals surface area contributed by atoms with Crippen molar-refractivity contribution in [2.45, 2.75) is 44.8 Å². The molecule has 0 spiro atoms. The minimum absolute atomic E-state index is 0.216. The third-order valence-electron chi connectivity index (χ3n) is 2.52. The first-order valence-electron chi connectivity index (χ1n) is 5.32. The van der Waals surface area contributed by atoms with E-state index in [1.165, 1.54) is 0 Å². The van der Waals surface area contributed by atoms with Gasteiger partial charge in [0.25, 0.3) is 0 Å². The number of primary amides is 1. The molecule has 0 aromatic carbocycles. The van der Waals surface area contributed by atoms with Gasteiger partial charge in [0.2, 0.25) is 5.91 Å². The van der Waals surface area contributed by atoms with Gasteiger partial charge in [0, 0.05) is 19.1 Å². The van der Waals surface area contributed by atoms with E-state index in [2.05, 4.69) is 12.2 Å². The number of hydrogen-bond donors (Lipinski definition) is 2. The lowest BCUT2D eigenvalue weighted by Crippen LogP contribution is -2.38. The minimum Gasteiger partial charge on any atom is -0.378 e. The fraction of sp³-hybridized carbons (Fsp3) is 0.900. The van der Waals surface area contributed by atoms with Gasteiger partial charge < -0.3 is 15.8 Å². The van der Waals surface area contributed by atoms with Gasteiger partial charge in [-0.2, -0.15) is 0 Å². The average molecular weight is 200 g/mol. The van der Waals surface area contributed by atoms with Gasteiger partial charge >= 0.3 is 0 Å². The number of rotatable bonds is 5. The highest BCUT2D eigenvalue weighted by Gasteiger charge is 2.18. The second-order valence-electron chi connectivity index (χ2n) is 3.93. The van der Waals surface area contributed by atoms with Gasteiger partial charge in [-0.15, -0.1) is 0 Å². The highest BCUT2D eigenvalue weighted by atomic mass is 16.5. The number of nitrogens with two attached hydrogens (primary N) is 1. The Morgan fingerprint density at radius 1 is 1.64 bits per heavy atom. The molecule has 2 unspecified atom stereocenters. The normalized spacial score (nSPS) is 27.5. The lowest BCUT2D eigenvalue weighted by atomic mass is 10.0. The molecule has 82 valence electrons. The Morgan fingerprint density at radius 3 is 3.07 bits per heavy atom. The maximum absolute atomic E-state index is 10.5. The number of nitrogens with one attached hydrogen (secondary N) is 1. The Morgan fingerprint density at radius 2 is 2.43 bits per heavy atom. The third kappa shape index (κ3) is 4.58. The van der Waals surface area contributed by atoms with Gasteiger partial charge in [-0.05, 0) is 32.7 Å². The summed E-state index contributed by atoms with van der Waals surface area (Å²) in [5, 5.41) is 3.42. The van der Waals surface area contributed by atoms with Crippen molar-refractivity contribution in [3.8, 4) is 0 Å². The van der Waals surface area contributed by atoms with Crippen molar-refractivity contribution in [3.05, 3.63) is 0 Å². The minimum atomic E-state index is -0.216. The number of ether oxygens (including phenoxy) is 1. The van der Waals surface area contributed by atoms with Crippen LogP contribution >= 0.6 is 0 Å². The summed E-state index contributed by atoms with van der Waals surface area (Å²) in [6.45, 7) is 3.81. The van der Waals surface area contributed by atoms with E-state index in [1.54, 1.807) is 0 Å². The van der Waals surface area contributed by atoms with Gasteiger partial charge in [-0.1, -0.05) is 0 Å². The molecule has 1 rings (SSSR count). The fourth-order valence-corrected chi connectivity index (χ4v) is 1.75. The smallest absolute Gasteiger partial charge is 0.217 e. The van der Waals surface area contributed by atoms with Crippen LogP contribution in [0.2, 0.25) is 0 Å². The quantitative estimate of drug-likeness (QED) is 0.632. The topological polar surface area (TPSA) is 64.3 Å². The maximum atomic E-state index is 10.5. The van der Waals surface area contributed by atoms with Crippen molar-refractivity contribution in [1.82, 2.24) is 5.32 Å². The molecule has 1 saturated heterocycles. The molecule has 1 heterocycles. The molecule has 1 aliphatic rings. The predicted octanol–water partition coefficient (Wildman–Crippen LogP) is 0.409. The molecule has 14 heavy (non-hydrogen) atoms. The SMILES string of the molecule is CC1CC(NCCCC(N)=O)CCO1. The zero-order valence-electron chi connectivity index (χ0n) is 8.79. The summed E-state index contributed by atoms with van der Waals surface area (Å²) in [5.41, 5.74) is 5.05. The standard InChI is InChI=1S/C10H20N2O2/c1-8-7-9(4-6-14-8)12-5-2-3-10(11)13/h8-9,12H,2-7H2,1H3,(H2,11,13). The Kier molecular flexibility index (Phi) is 4.90. The molecule has 0 bridgehead atoms. The van der Waals surface area contributed by atoms with Crippen LogP contribution in [0.1, 0.15) is 32.6 Å². The Labute approximate surface area is 85.2 Å². The second-order valence-corrected chi connectivity index (χ2v) is 3.93. The molecule has 0 aromatic heterocycles. The monoisotopic (exact) mass is 200 g/mol. The van der Waals surface area contributed by atoms with Gasteiger partial charge in [-0.3, -0.25) is 4.79 Å². The van der Waals surface area contributed by atoms with Crippen LogP contribution in [0.4, 0.5) is 0 Å². The van der Waals surface area contributed by atoms with Crippen molar-refractivity contribution < 1.29 is 9.53 Å². The van der Waals surface area contributed by atoms with Crippen molar-refractivity contribution >= 4 is 5.91 Å². The molecule has 2 atom stereocenters. The van der Waals surface area contributed by atoms with Crippen molar-refractivity contribution in [3.63, 3.8) is 0 Å². The van der Waals surface area contributed by atoms with Crippen molar-refractivity contribution in [2.24, 2.45) is 5.73 Å². The molecular weight excluding hydrogens is 180 g/mol. The number of amides is 1. The van der Waals surface area contributed by atoms with Crippen LogP contribution in [-0.2, 0) is 9.53 Å². The number of carbonyl (C=O) groups excluding carboxylic acids is 1. The first-order valence-corrected chi connectivity index (χ1v) is 5.32. The molecule has 4 nitrogen and oxygen atoms in total. The first-order chi connectivity index (χ1) is 6.68. The summed E-state index contributed by atoms with van der Waals surface area (Å²) in [5.74, 6) is -0.216. The lowest BCUT2D eigenvalue weighted by molar-refractivity contribution is -0.118. The van der Waals surface area contributed by atoms with Gasteiger partial charge in [0.1, 0.15) is 0 Å². The van der Waals surface area contributed by atoms with Crippen LogP contribution in [0.5, 0.6) is 0 Å². The molecule has 0 aromatic rings. The van der Waals surface area contributed by atoms with Gasteiger partial charge in [-0.25, -0.2) is 0 Å². The molecule has 4 heteroatoms. The van der Waals surface area contributed by atoms with Crippen LogP contribution in [0.25, 0.3) is 0 Å². The summed E-state index contributed by atoms with van der Waals surface area (Å²) in [7, 11) is 0. The molecular formula is C10H20N2O2. The third-order valence-corrected chi connectivity index (χ3v) is 2.52. The maximum Gasteiger partial charge on any atom is 0.217 e. The summed E-state index contributed by atoms with van der Waals surface area (Å²) >= 11 is 0.